The summed E-state index contributed by atoms with van der Waals surface area (Å²) in [4.78, 5) is 11.6. The quantitative estimate of drug-likeness (QED) is 0.624. The summed E-state index contributed by atoms with van der Waals surface area (Å²) in [5.41, 5.74) is 2.74. The second kappa shape index (κ2) is 5.80. The van der Waals surface area contributed by atoms with Crippen LogP contribution in [0.3, 0.4) is 0 Å². The first-order valence-electron chi connectivity index (χ1n) is 7.03. The standard InChI is InChI=1S/C17H22O3/c1-5-19-16(18)10-14-11-20-17(4,13(14)3)15-8-6-12(2)7-9-15/h6-9,14H,3,5,10-11H2,1-2,4H3/t14-,17-/m1/s1. The first-order chi connectivity index (χ1) is 9.47. The summed E-state index contributed by atoms with van der Waals surface area (Å²) in [6.07, 6.45) is 0.341. The molecule has 0 aliphatic carbocycles. The second-order valence-electron chi connectivity index (χ2n) is 5.44. The number of hydrogen-bond acceptors (Lipinski definition) is 3. The van der Waals surface area contributed by atoms with Crippen molar-refractivity contribution in [1.82, 2.24) is 0 Å². The normalized spacial score (nSPS) is 25.8. The first kappa shape index (κ1) is 14.8. The van der Waals surface area contributed by atoms with Crippen molar-refractivity contribution in [1.29, 1.82) is 0 Å². The van der Waals surface area contributed by atoms with Crippen molar-refractivity contribution in [3.63, 3.8) is 0 Å². The molecule has 1 fully saturated rings. The largest absolute Gasteiger partial charge is 0.466 e. The minimum atomic E-state index is -0.509. The van der Waals surface area contributed by atoms with E-state index in [1.807, 2.05) is 13.8 Å². The fraction of sp³-hybridized carbons (Fsp3) is 0.471. The predicted octanol–water partition coefficient (Wildman–Crippen LogP) is 3.37. The van der Waals surface area contributed by atoms with Gasteiger partial charge >= 0.3 is 5.97 Å². The zero-order chi connectivity index (χ0) is 14.8. The third-order valence-electron chi connectivity index (χ3n) is 4.00. The summed E-state index contributed by atoms with van der Waals surface area (Å²) in [5.74, 6) is -0.157. The first-order valence-corrected chi connectivity index (χ1v) is 7.03. The Kier molecular flexibility index (Phi) is 4.29. The van der Waals surface area contributed by atoms with Crippen LogP contribution in [0.1, 0.15) is 31.4 Å². The lowest BCUT2D eigenvalue weighted by Gasteiger charge is -2.26. The highest BCUT2D eigenvalue weighted by atomic mass is 16.5. The number of esters is 1. The molecular weight excluding hydrogens is 252 g/mol. The summed E-state index contributed by atoms with van der Waals surface area (Å²) in [6.45, 7) is 11.0. The monoisotopic (exact) mass is 274 g/mol. The van der Waals surface area contributed by atoms with Gasteiger partial charge in [-0.1, -0.05) is 36.4 Å². The van der Waals surface area contributed by atoms with Gasteiger partial charge in [0.1, 0.15) is 5.60 Å². The summed E-state index contributed by atoms with van der Waals surface area (Å²) in [6, 6.07) is 8.26. The van der Waals surface area contributed by atoms with E-state index in [4.69, 9.17) is 9.47 Å². The van der Waals surface area contributed by atoms with E-state index in [-0.39, 0.29) is 11.9 Å². The van der Waals surface area contributed by atoms with Gasteiger partial charge in [0.2, 0.25) is 0 Å². The van der Waals surface area contributed by atoms with E-state index in [2.05, 4.69) is 37.8 Å². The number of carbonyl (C=O) groups excluding carboxylic acids is 1. The van der Waals surface area contributed by atoms with Crippen LogP contribution in [0.2, 0.25) is 0 Å². The summed E-state index contributed by atoms with van der Waals surface area (Å²) in [5, 5.41) is 0. The molecule has 0 aromatic heterocycles. The zero-order valence-corrected chi connectivity index (χ0v) is 12.4. The molecular formula is C17H22O3. The number of benzene rings is 1. The maximum atomic E-state index is 11.6. The summed E-state index contributed by atoms with van der Waals surface area (Å²) >= 11 is 0. The number of aryl methyl sites for hydroxylation is 1. The molecule has 2 rings (SSSR count). The second-order valence-corrected chi connectivity index (χ2v) is 5.44. The van der Waals surface area contributed by atoms with Gasteiger partial charge in [-0.3, -0.25) is 4.79 Å². The van der Waals surface area contributed by atoms with Gasteiger partial charge in [-0.2, -0.15) is 0 Å². The van der Waals surface area contributed by atoms with E-state index in [1.54, 1.807) is 0 Å². The highest BCUT2D eigenvalue weighted by Gasteiger charge is 2.42. The Morgan fingerprint density at radius 1 is 1.45 bits per heavy atom. The topological polar surface area (TPSA) is 35.5 Å². The third kappa shape index (κ3) is 2.78. The fourth-order valence-corrected chi connectivity index (χ4v) is 2.59. The van der Waals surface area contributed by atoms with Crippen LogP contribution in [0.5, 0.6) is 0 Å². The molecule has 1 heterocycles. The van der Waals surface area contributed by atoms with Crippen LogP contribution < -0.4 is 0 Å². The van der Waals surface area contributed by atoms with E-state index in [1.165, 1.54) is 5.56 Å². The zero-order valence-electron chi connectivity index (χ0n) is 12.4. The highest BCUT2D eigenvalue weighted by Crippen LogP contribution is 2.43. The molecule has 1 aliphatic heterocycles. The Morgan fingerprint density at radius 2 is 2.10 bits per heavy atom. The number of hydrogen-bond donors (Lipinski definition) is 0. The molecule has 0 N–H and O–H groups in total. The van der Waals surface area contributed by atoms with Gasteiger partial charge in [-0.05, 0) is 31.9 Å². The average molecular weight is 274 g/mol. The number of ether oxygens (including phenoxy) is 2. The molecule has 0 bridgehead atoms. The molecule has 0 unspecified atom stereocenters. The minimum Gasteiger partial charge on any atom is -0.466 e. The maximum Gasteiger partial charge on any atom is 0.306 e. The third-order valence-corrected chi connectivity index (χ3v) is 4.00. The Morgan fingerprint density at radius 3 is 2.70 bits per heavy atom. The van der Waals surface area contributed by atoms with E-state index in [0.29, 0.717) is 19.6 Å². The molecule has 20 heavy (non-hydrogen) atoms. The van der Waals surface area contributed by atoms with Crippen LogP contribution in [0.4, 0.5) is 0 Å². The predicted molar refractivity (Wildman–Crippen MR) is 78.4 cm³/mol. The van der Waals surface area contributed by atoms with Crippen LogP contribution in [0.25, 0.3) is 0 Å². The van der Waals surface area contributed by atoms with Crippen molar-refractivity contribution in [2.24, 2.45) is 5.92 Å². The van der Waals surface area contributed by atoms with Crippen molar-refractivity contribution in [3.8, 4) is 0 Å². The molecule has 1 aromatic rings. The molecule has 2 atom stereocenters. The van der Waals surface area contributed by atoms with Crippen molar-refractivity contribution in [2.75, 3.05) is 13.2 Å². The van der Waals surface area contributed by atoms with Crippen LogP contribution >= 0.6 is 0 Å². The molecule has 0 spiro atoms. The number of carbonyl (C=O) groups is 1. The average Bonchev–Trinajstić information content (AvgIpc) is 2.69. The van der Waals surface area contributed by atoms with Gasteiger partial charge in [0.15, 0.2) is 0 Å². The van der Waals surface area contributed by atoms with Crippen LogP contribution in [-0.4, -0.2) is 19.2 Å². The molecule has 3 nitrogen and oxygen atoms in total. The molecule has 1 aromatic carbocycles. The number of rotatable bonds is 4. The van der Waals surface area contributed by atoms with Crippen LogP contribution in [-0.2, 0) is 19.9 Å². The van der Waals surface area contributed by atoms with Gasteiger partial charge < -0.3 is 9.47 Å². The molecule has 0 radical (unpaired) electrons. The smallest absolute Gasteiger partial charge is 0.306 e. The van der Waals surface area contributed by atoms with Crippen molar-refractivity contribution in [2.45, 2.75) is 32.8 Å². The lowest BCUT2D eigenvalue weighted by atomic mass is 9.83. The summed E-state index contributed by atoms with van der Waals surface area (Å²) in [7, 11) is 0. The van der Waals surface area contributed by atoms with Crippen molar-refractivity contribution < 1.29 is 14.3 Å². The fourth-order valence-electron chi connectivity index (χ4n) is 2.59. The molecule has 108 valence electrons. The lowest BCUT2D eigenvalue weighted by Crippen LogP contribution is -2.23. The van der Waals surface area contributed by atoms with Gasteiger partial charge in [0.25, 0.3) is 0 Å². The van der Waals surface area contributed by atoms with Crippen LogP contribution in [0, 0.1) is 12.8 Å². The summed E-state index contributed by atoms with van der Waals surface area (Å²) < 4.78 is 11.0. The molecule has 0 saturated carbocycles. The molecule has 1 saturated heterocycles. The van der Waals surface area contributed by atoms with Gasteiger partial charge in [0, 0.05) is 5.92 Å². The van der Waals surface area contributed by atoms with Crippen LogP contribution in [0.15, 0.2) is 36.4 Å². The maximum absolute atomic E-state index is 11.6. The van der Waals surface area contributed by atoms with E-state index < -0.39 is 5.60 Å². The van der Waals surface area contributed by atoms with E-state index in [0.717, 1.165) is 11.1 Å². The highest BCUT2D eigenvalue weighted by molar-refractivity contribution is 5.70. The Hall–Kier alpha value is -1.61. The Balaban J connectivity index is 2.13. The van der Waals surface area contributed by atoms with E-state index in [9.17, 15) is 4.79 Å². The molecule has 0 amide bonds. The van der Waals surface area contributed by atoms with Crippen molar-refractivity contribution >= 4 is 5.97 Å². The molecule has 1 aliphatic rings. The molecule has 3 heteroatoms. The lowest BCUT2D eigenvalue weighted by molar-refractivity contribution is -0.144. The minimum absolute atomic E-state index is 0.0281. The van der Waals surface area contributed by atoms with Gasteiger partial charge in [0.05, 0.1) is 19.6 Å². The van der Waals surface area contributed by atoms with Gasteiger partial charge in [-0.15, -0.1) is 0 Å². The Bertz CT molecular complexity index is 503. The van der Waals surface area contributed by atoms with Crippen molar-refractivity contribution in [3.05, 3.63) is 47.5 Å². The SMILES string of the molecule is C=C1[C@H](CC(=O)OCC)CO[C@@]1(C)c1ccc(C)cc1. The van der Waals surface area contributed by atoms with E-state index >= 15 is 0 Å². The Labute approximate surface area is 120 Å². The van der Waals surface area contributed by atoms with Gasteiger partial charge in [-0.25, -0.2) is 0 Å².